The Morgan fingerprint density at radius 2 is 1.81 bits per heavy atom. The summed E-state index contributed by atoms with van der Waals surface area (Å²) in [5.41, 5.74) is 1.65. The first-order valence-corrected chi connectivity index (χ1v) is 6.30. The second-order valence-electron chi connectivity index (χ2n) is 4.80. The van der Waals surface area contributed by atoms with Gasteiger partial charge in [0.05, 0.1) is 16.4 Å². The van der Waals surface area contributed by atoms with Gasteiger partial charge >= 0.3 is 0 Å². The highest BCUT2D eigenvalue weighted by Crippen LogP contribution is 2.35. The van der Waals surface area contributed by atoms with E-state index >= 15 is 0 Å². The van der Waals surface area contributed by atoms with Gasteiger partial charge in [-0.2, -0.15) is 10.5 Å². The lowest BCUT2D eigenvalue weighted by atomic mass is 10.1. The van der Waals surface area contributed by atoms with E-state index in [0.29, 0.717) is 10.9 Å². The molecule has 0 aliphatic rings. The van der Waals surface area contributed by atoms with Gasteiger partial charge in [0.25, 0.3) is 0 Å². The van der Waals surface area contributed by atoms with Crippen LogP contribution in [0.3, 0.4) is 0 Å². The molecule has 0 spiro atoms. The summed E-state index contributed by atoms with van der Waals surface area (Å²) in [4.78, 5) is 7.35. The van der Waals surface area contributed by atoms with E-state index in [1.807, 2.05) is 36.4 Å². The smallest absolute Gasteiger partial charge is 0.175 e. The molecular weight excluding hydrogens is 262 g/mol. The van der Waals surface area contributed by atoms with Crippen LogP contribution < -0.4 is 5.36 Å². The van der Waals surface area contributed by atoms with Crippen LogP contribution in [0.1, 0.15) is 11.4 Å². The van der Waals surface area contributed by atoms with Crippen molar-refractivity contribution in [3.05, 3.63) is 47.1 Å². The summed E-state index contributed by atoms with van der Waals surface area (Å²) in [5, 5.41) is 30.3. The zero-order chi connectivity index (χ0) is 14.6. The third kappa shape index (κ3) is 1.32. The van der Waals surface area contributed by atoms with Crippen molar-refractivity contribution in [2.45, 2.75) is 0 Å². The predicted molar refractivity (Wildman–Crippen MR) is 77.6 cm³/mol. The number of aromatic amines is 1. The quantitative estimate of drug-likeness (QED) is 0.513. The largest absolute Gasteiger partial charge is 0.342 e. The van der Waals surface area contributed by atoms with Crippen molar-refractivity contribution in [2.75, 3.05) is 0 Å². The predicted octanol–water partition coefficient (Wildman–Crippen LogP) is 2.53. The SMILES string of the molecule is N#Cc1nc2c3cccc4c(=N)ccc(c2[nH]c1C#N)c43. The number of rotatable bonds is 0. The average molecular weight is 269 g/mol. The standard InChI is InChI=1S/C16H7N5/c17-6-12-13(7-18)21-16-10-4-5-11(19)8-2-1-3-9(14(8)10)15(16)20-12/h1-5,19,21H. The van der Waals surface area contributed by atoms with Gasteiger partial charge in [-0.25, -0.2) is 4.98 Å². The Balaban J connectivity index is 2.40. The summed E-state index contributed by atoms with van der Waals surface area (Å²) in [7, 11) is 0. The molecule has 0 atom stereocenters. The highest BCUT2D eigenvalue weighted by atomic mass is 14.8. The molecule has 0 saturated heterocycles. The molecule has 4 aromatic rings. The molecule has 96 valence electrons. The minimum atomic E-state index is 0.0900. The van der Waals surface area contributed by atoms with Crippen LogP contribution in [0.2, 0.25) is 0 Å². The first-order valence-electron chi connectivity index (χ1n) is 6.30. The minimum absolute atomic E-state index is 0.0900. The molecule has 1 aromatic heterocycles. The number of nitriles is 2. The normalized spacial score (nSPS) is 11.0. The fourth-order valence-electron chi connectivity index (χ4n) is 2.83. The van der Waals surface area contributed by atoms with Crippen molar-refractivity contribution in [1.82, 2.24) is 9.97 Å². The summed E-state index contributed by atoms with van der Waals surface area (Å²) in [6.07, 6.45) is 0. The monoisotopic (exact) mass is 269 g/mol. The fraction of sp³-hybridized carbons (Fsp3) is 0. The van der Waals surface area contributed by atoms with Crippen LogP contribution in [-0.2, 0) is 0 Å². The number of hydrogen-bond acceptors (Lipinski definition) is 4. The molecule has 21 heavy (non-hydrogen) atoms. The molecule has 5 nitrogen and oxygen atoms in total. The van der Waals surface area contributed by atoms with E-state index in [0.717, 1.165) is 27.1 Å². The number of H-pyrrole nitrogens is 1. The molecule has 5 heteroatoms. The molecule has 0 unspecified atom stereocenters. The van der Waals surface area contributed by atoms with Crippen LogP contribution in [0.25, 0.3) is 32.6 Å². The van der Waals surface area contributed by atoms with Crippen molar-refractivity contribution >= 4 is 32.6 Å². The van der Waals surface area contributed by atoms with E-state index in [2.05, 4.69) is 9.97 Å². The number of benzene rings is 2. The molecule has 0 saturated carbocycles. The van der Waals surface area contributed by atoms with Crippen molar-refractivity contribution in [2.24, 2.45) is 0 Å². The van der Waals surface area contributed by atoms with Crippen LogP contribution in [0.4, 0.5) is 0 Å². The van der Waals surface area contributed by atoms with E-state index in [4.69, 9.17) is 15.9 Å². The first kappa shape index (κ1) is 11.4. The van der Waals surface area contributed by atoms with E-state index < -0.39 is 0 Å². The van der Waals surface area contributed by atoms with Gasteiger partial charge in [-0.15, -0.1) is 0 Å². The zero-order valence-electron chi connectivity index (χ0n) is 10.7. The van der Waals surface area contributed by atoms with Gasteiger partial charge in [0, 0.05) is 21.5 Å². The number of nitrogens with one attached hydrogen (secondary N) is 2. The van der Waals surface area contributed by atoms with Crippen molar-refractivity contribution in [3.8, 4) is 12.1 Å². The molecule has 0 aliphatic heterocycles. The van der Waals surface area contributed by atoms with Crippen molar-refractivity contribution < 1.29 is 0 Å². The summed E-state index contributed by atoms with van der Waals surface area (Å²) >= 11 is 0. The average Bonchev–Trinajstić information content (AvgIpc) is 2.84. The molecule has 0 aliphatic carbocycles. The summed E-state index contributed by atoms with van der Waals surface area (Å²) in [5.74, 6) is 0. The Labute approximate surface area is 118 Å². The second kappa shape index (κ2) is 3.78. The molecule has 0 radical (unpaired) electrons. The van der Waals surface area contributed by atoms with Gasteiger partial charge in [0.15, 0.2) is 11.4 Å². The minimum Gasteiger partial charge on any atom is -0.342 e. The lowest BCUT2D eigenvalue weighted by Crippen LogP contribution is -1.97. The van der Waals surface area contributed by atoms with Gasteiger partial charge in [-0.1, -0.05) is 24.3 Å². The Bertz CT molecular complexity index is 1120. The van der Waals surface area contributed by atoms with Gasteiger partial charge in [-0.3, -0.25) is 0 Å². The Morgan fingerprint density at radius 1 is 1.00 bits per heavy atom. The van der Waals surface area contributed by atoms with Gasteiger partial charge < -0.3 is 10.4 Å². The molecule has 0 bridgehead atoms. The number of hydrogen-bond donors (Lipinski definition) is 2. The molecule has 3 aromatic carbocycles. The Hall–Kier alpha value is -3.44. The topological polar surface area (TPSA) is 100 Å². The van der Waals surface area contributed by atoms with Gasteiger partial charge in [0.1, 0.15) is 12.1 Å². The van der Waals surface area contributed by atoms with Crippen LogP contribution in [0.5, 0.6) is 0 Å². The molecule has 2 N–H and O–H groups in total. The van der Waals surface area contributed by atoms with E-state index in [9.17, 15) is 0 Å². The molecule has 0 fully saturated rings. The Kier molecular flexibility index (Phi) is 2.05. The summed E-state index contributed by atoms with van der Waals surface area (Å²) in [6.45, 7) is 0. The van der Waals surface area contributed by atoms with Crippen LogP contribution in [0, 0.1) is 28.1 Å². The van der Waals surface area contributed by atoms with Crippen molar-refractivity contribution in [1.29, 1.82) is 15.9 Å². The van der Waals surface area contributed by atoms with E-state index in [-0.39, 0.29) is 11.4 Å². The zero-order valence-corrected chi connectivity index (χ0v) is 10.7. The van der Waals surface area contributed by atoms with Crippen LogP contribution >= 0.6 is 0 Å². The maximum absolute atomic E-state index is 9.13. The van der Waals surface area contributed by atoms with Crippen LogP contribution in [-0.4, -0.2) is 9.97 Å². The number of nitrogens with zero attached hydrogens (tertiary/aromatic N) is 3. The third-order valence-corrected chi connectivity index (χ3v) is 3.73. The fourth-order valence-corrected chi connectivity index (χ4v) is 2.83. The summed E-state index contributed by atoms with van der Waals surface area (Å²) in [6, 6.07) is 13.2. The van der Waals surface area contributed by atoms with Gasteiger partial charge in [-0.05, 0) is 6.07 Å². The second-order valence-corrected chi connectivity index (χ2v) is 4.80. The maximum Gasteiger partial charge on any atom is 0.175 e. The van der Waals surface area contributed by atoms with Crippen LogP contribution in [0.15, 0.2) is 30.3 Å². The van der Waals surface area contributed by atoms with Crippen molar-refractivity contribution in [3.63, 3.8) is 0 Å². The number of aromatic nitrogens is 2. The number of fused-ring (bicyclic) bond motifs is 3. The Morgan fingerprint density at radius 3 is 2.57 bits per heavy atom. The first-order chi connectivity index (χ1) is 10.2. The van der Waals surface area contributed by atoms with E-state index in [1.165, 1.54) is 0 Å². The molecule has 0 amide bonds. The molecular formula is C16H7N5. The van der Waals surface area contributed by atoms with E-state index in [1.54, 1.807) is 6.07 Å². The third-order valence-electron chi connectivity index (χ3n) is 3.73. The lowest BCUT2D eigenvalue weighted by Gasteiger charge is -1.97. The lowest BCUT2D eigenvalue weighted by molar-refractivity contribution is 1.21. The summed E-state index contributed by atoms with van der Waals surface area (Å²) < 4.78 is 0. The highest BCUT2D eigenvalue weighted by Gasteiger charge is 2.16. The maximum atomic E-state index is 9.13. The molecule has 1 heterocycles. The molecule has 4 rings (SSSR count). The highest BCUT2D eigenvalue weighted by molar-refractivity contribution is 6.27. The van der Waals surface area contributed by atoms with Gasteiger partial charge in [0.2, 0.25) is 0 Å².